The molecule has 2 N–H and O–H groups in total. The lowest BCUT2D eigenvalue weighted by molar-refractivity contribution is 0.122. The van der Waals surface area contributed by atoms with Crippen LogP contribution in [0.25, 0.3) is 0 Å². The molecule has 1 fully saturated rings. The maximum Gasteiger partial charge on any atom is 0.0237 e. The van der Waals surface area contributed by atoms with Crippen molar-refractivity contribution in [3.63, 3.8) is 0 Å². The molecule has 1 aliphatic rings. The van der Waals surface area contributed by atoms with Crippen LogP contribution in [0.1, 0.15) is 31.7 Å². The van der Waals surface area contributed by atoms with E-state index in [0.29, 0.717) is 6.04 Å². The van der Waals surface area contributed by atoms with Crippen molar-refractivity contribution < 1.29 is 0 Å². The van der Waals surface area contributed by atoms with Crippen LogP contribution >= 0.6 is 0 Å². The summed E-state index contributed by atoms with van der Waals surface area (Å²) in [6.07, 6.45) is 3.67. The summed E-state index contributed by atoms with van der Waals surface area (Å²) in [4.78, 5) is 2.55. The molecule has 1 aliphatic heterocycles. The average Bonchev–Trinajstić information content (AvgIpc) is 2.31. The van der Waals surface area contributed by atoms with E-state index in [1.807, 2.05) is 0 Å². The average molecular weight is 218 g/mol. The number of rotatable bonds is 3. The maximum absolute atomic E-state index is 6.05. The van der Waals surface area contributed by atoms with Crippen LogP contribution in [-0.4, -0.2) is 23.5 Å². The summed E-state index contributed by atoms with van der Waals surface area (Å²) < 4.78 is 0. The van der Waals surface area contributed by atoms with Gasteiger partial charge in [-0.15, -0.1) is 0 Å². The number of hydrogen-bond acceptors (Lipinski definition) is 2. The third-order valence-electron chi connectivity index (χ3n) is 3.56. The van der Waals surface area contributed by atoms with Gasteiger partial charge in [0, 0.05) is 25.2 Å². The van der Waals surface area contributed by atoms with Gasteiger partial charge >= 0.3 is 0 Å². The molecule has 88 valence electrons. The van der Waals surface area contributed by atoms with Crippen molar-refractivity contribution in [3.8, 4) is 0 Å². The fraction of sp³-hybridized carbons (Fsp3) is 0.571. The molecule has 16 heavy (non-hydrogen) atoms. The van der Waals surface area contributed by atoms with Gasteiger partial charge in [-0.1, -0.05) is 37.3 Å². The lowest BCUT2D eigenvalue weighted by Crippen LogP contribution is -2.47. The Kier molecular flexibility index (Phi) is 3.97. The Hall–Kier alpha value is -0.860. The van der Waals surface area contributed by atoms with Crippen molar-refractivity contribution in [2.45, 2.75) is 44.8 Å². The van der Waals surface area contributed by atoms with E-state index in [9.17, 15) is 0 Å². The predicted octanol–water partition coefficient (Wildman–Crippen LogP) is 2.39. The van der Waals surface area contributed by atoms with Crippen LogP contribution in [0, 0.1) is 0 Å². The van der Waals surface area contributed by atoms with Gasteiger partial charge in [-0.2, -0.15) is 0 Å². The fourth-order valence-corrected chi connectivity index (χ4v) is 2.60. The summed E-state index contributed by atoms with van der Waals surface area (Å²) in [5, 5.41) is 0. The Morgan fingerprint density at radius 1 is 1.25 bits per heavy atom. The third-order valence-corrected chi connectivity index (χ3v) is 3.56. The summed E-state index contributed by atoms with van der Waals surface area (Å²) >= 11 is 0. The second-order valence-electron chi connectivity index (χ2n) is 4.81. The molecule has 0 bridgehead atoms. The van der Waals surface area contributed by atoms with Crippen LogP contribution in [0.15, 0.2) is 30.3 Å². The van der Waals surface area contributed by atoms with E-state index in [1.165, 1.54) is 24.8 Å². The van der Waals surface area contributed by atoms with E-state index < -0.39 is 0 Å². The van der Waals surface area contributed by atoms with Crippen LogP contribution in [0.3, 0.4) is 0 Å². The van der Waals surface area contributed by atoms with Gasteiger partial charge in [0.2, 0.25) is 0 Å². The topological polar surface area (TPSA) is 29.3 Å². The first kappa shape index (κ1) is 11.6. The van der Waals surface area contributed by atoms with Crippen molar-refractivity contribution >= 4 is 0 Å². The minimum absolute atomic E-state index is 0.367. The number of hydrogen-bond donors (Lipinski definition) is 1. The molecule has 0 unspecified atom stereocenters. The van der Waals surface area contributed by atoms with Crippen LogP contribution in [0.4, 0.5) is 0 Å². The fourth-order valence-electron chi connectivity index (χ4n) is 2.60. The standard InChI is InChI=1S/C14H22N2/c1-2-14-9-8-13(15)11-16(14)10-12-6-4-3-5-7-12/h3-7,13-14H,2,8-11,15H2,1H3/t13-,14+/m0/s1. The third kappa shape index (κ3) is 2.83. The molecular weight excluding hydrogens is 196 g/mol. The first-order valence-corrected chi connectivity index (χ1v) is 6.33. The summed E-state index contributed by atoms with van der Waals surface area (Å²) in [5.41, 5.74) is 7.45. The second-order valence-corrected chi connectivity index (χ2v) is 4.81. The van der Waals surface area contributed by atoms with Crippen molar-refractivity contribution in [1.29, 1.82) is 0 Å². The normalized spacial score (nSPS) is 26.9. The molecule has 0 saturated carbocycles. The van der Waals surface area contributed by atoms with E-state index in [1.54, 1.807) is 0 Å². The van der Waals surface area contributed by atoms with Crippen molar-refractivity contribution in [3.05, 3.63) is 35.9 Å². The van der Waals surface area contributed by atoms with Crippen molar-refractivity contribution in [2.75, 3.05) is 6.54 Å². The minimum atomic E-state index is 0.367. The Morgan fingerprint density at radius 2 is 2.00 bits per heavy atom. The largest absolute Gasteiger partial charge is 0.327 e. The minimum Gasteiger partial charge on any atom is -0.327 e. The Balaban J connectivity index is 2.01. The molecule has 1 saturated heterocycles. The molecule has 1 aromatic carbocycles. The molecule has 2 nitrogen and oxygen atoms in total. The summed E-state index contributed by atoms with van der Waals surface area (Å²) in [7, 11) is 0. The van der Waals surface area contributed by atoms with Gasteiger partial charge in [0.1, 0.15) is 0 Å². The molecule has 0 aromatic heterocycles. The van der Waals surface area contributed by atoms with Gasteiger partial charge in [0.15, 0.2) is 0 Å². The van der Waals surface area contributed by atoms with Crippen LogP contribution in [-0.2, 0) is 6.54 Å². The molecule has 0 aliphatic carbocycles. The zero-order chi connectivity index (χ0) is 11.4. The zero-order valence-electron chi connectivity index (χ0n) is 10.1. The van der Waals surface area contributed by atoms with Gasteiger partial charge < -0.3 is 5.73 Å². The van der Waals surface area contributed by atoms with Crippen molar-refractivity contribution in [2.24, 2.45) is 5.73 Å². The Labute approximate surface area is 98.4 Å². The van der Waals surface area contributed by atoms with Gasteiger partial charge in [-0.05, 0) is 24.8 Å². The van der Waals surface area contributed by atoms with E-state index >= 15 is 0 Å². The maximum atomic E-state index is 6.05. The first-order valence-electron chi connectivity index (χ1n) is 6.33. The second kappa shape index (κ2) is 5.46. The van der Waals surface area contributed by atoms with E-state index in [4.69, 9.17) is 5.73 Å². The number of nitrogens with two attached hydrogens (primary N) is 1. The quantitative estimate of drug-likeness (QED) is 0.844. The lowest BCUT2D eigenvalue weighted by Gasteiger charge is -2.38. The highest BCUT2D eigenvalue weighted by atomic mass is 15.2. The van der Waals surface area contributed by atoms with Gasteiger partial charge in [-0.25, -0.2) is 0 Å². The summed E-state index contributed by atoms with van der Waals surface area (Å²) in [5.74, 6) is 0. The Bertz CT molecular complexity index is 310. The van der Waals surface area contributed by atoms with Gasteiger partial charge in [0.05, 0.1) is 0 Å². The number of likely N-dealkylation sites (tertiary alicyclic amines) is 1. The molecule has 2 rings (SSSR count). The summed E-state index contributed by atoms with van der Waals surface area (Å²) in [6.45, 7) is 4.37. The smallest absolute Gasteiger partial charge is 0.0237 e. The Morgan fingerprint density at radius 3 is 2.69 bits per heavy atom. The number of piperidine rings is 1. The molecule has 0 amide bonds. The first-order chi connectivity index (χ1) is 7.79. The lowest BCUT2D eigenvalue weighted by atomic mass is 9.96. The molecule has 0 spiro atoms. The van der Waals surface area contributed by atoms with Gasteiger partial charge in [-0.3, -0.25) is 4.90 Å². The van der Waals surface area contributed by atoms with E-state index in [-0.39, 0.29) is 0 Å². The highest BCUT2D eigenvalue weighted by Crippen LogP contribution is 2.21. The molecular formula is C14H22N2. The van der Waals surface area contributed by atoms with Crippen LogP contribution in [0.2, 0.25) is 0 Å². The highest BCUT2D eigenvalue weighted by molar-refractivity contribution is 5.14. The van der Waals surface area contributed by atoms with Crippen molar-refractivity contribution in [1.82, 2.24) is 4.90 Å². The molecule has 1 heterocycles. The van der Waals surface area contributed by atoms with E-state index in [2.05, 4.69) is 42.2 Å². The zero-order valence-corrected chi connectivity index (χ0v) is 10.1. The predicted molar refractivity (Wildman–Crippen MR) is 68.1 cm³/mol. The molecule has 1 aromatic rings. The molecule has 0 radical (unpaired) electrons. The molecule has 2 atom stereocenters. The highest BCUT2D eigenvalue weighted by Gasteiger charge is 2.24. The SMILES string of the molecule is CC[C@@H]1CC[C@H](N)CN1Cc1ccccc1. The molecule has 2 heteroatoms. The van der Waals surface area contributed by atoms with E-state index in [0.717, 1.165) is 19.1 Å². The number of benzene rings is 1. The summed E-state index contributed by atoms with van der Waals surface area (Å²) in [6, 6.07) is 11.8. The van der Waals surface area contributed by atoms with Gasteiger partial charge in [0.25, 0.3) is 0 Å². The van der Waals surface area contributed by atoms with Crippen LogP contribution < -0.4 is 5.73 Å². The number of nitrogens with zero attached hydrogens (tertiary/aromatic N) is 1. The van der Waals surface area contributed by atoms with Crippen LogP contribution in [0.5, 0.6) is 0 Å². The monoisotopic (exact) mass is 218 g/mol.